The Kier molecular flexibility index (Phi) is 9.66. The molecule has 1 heterocycles. The number of rotatable bonds is 12. The first-order valence-corrected chi connectivity index (χ1v) is 19.6. The van der Waals surface area contributed by atoms with Crippen LogP contribution in [0, 0.1) is 5.41 Å². The molecule has 1 N–H and O–H groups in total. The summed E-state index contributed by atoms with van der Waals surface area (Å²) in [5.41, 5.74) is 0.803. The van der Waals surface area contributed by atoms with Crippen LogP contribution in [-0.4, -0.2) is 51.2 Å². The van der Waals surface area contributed by atoms with Crippen LogP contribution in [0.1, 0.15) is 86.1 Å². The number of aliphatic hydroxyl groups is 1. The van der Waals surface area contributed by atoms with Crippen LogP contribution in [-0.2, 0) is 25.2 Å². The van der Waals surface area contributed by atoms with Gasteiger partial charge in [0.2, 0.25) is 0 Å². The molecule has 1 aliphatic heterocycles. The maximum atomic E-state index is 14.7. The van der Waals surface area contributed by atoms with Gasteiger partial charge in [0.05, 0.1) is 19.3 Å². The molecule has 1 fully saturated rings. The van der Waals surface area contributed by atoms with Gasteiger partial charge in [-0.2, -0.15) is 0 Å². The van der Waals surface area contributed by atoms with Crippen LogP contribution in [0.5, 0.6) is 0 Å². The second-order valence-corrected chi connectivity index (χ2v) is 20.5. The van der Waals surface area contributed by atoms with Crippen molar-refractivity contribution in [3.05, 3.63) is 105 Å². The fraction of sp³-hybridized carbons (Fsp3) is 0.486. The highest BCUT2D eigenvalue weighted by Crippen LogP contribution is 2.54. The summed E-state index contributed by atoms with van der Waals surface area (Å²) in [4.78, 5) is 16.6. The van der Waals surface area contributed by atoms with E-state index >= 15 is 0 Å². The monoisotopic (exact) mass is 683 g/mol. The lowest BCUT2D eigenvalue weighted by Gasteiger charge is -2.44. The molecule has 46 heavy (non-hydrogen) atoms. The van der Waals surface area contributed by atoms with Gasteiger partial charge in [0.25, 0.3) is 5.91 Å². The third-order valence-electron chi connectivity index (χ3n) is 10.3. The molecule has 3 atom stereocenters. The Bertz CT molecular complexity index is 1560. The van der Waals surface area contributed by atoms with Crippen LogP contribution in [0.4, 0.5) is 0 Å². The number of fused-ring (bicyclic) bond motifs is 1. The standard InChI is InChI=1S/C37H47Cl2NO5Si/c1-25(26-9-14-29(38)15-10-26)40-33(41)31-21-28(35(5,42)22-43-6)13-18-32(31)37(40,27-11-16-30(39)17-12-27)44-23-36(19-20-36)24-45-46(7,8)34(2,3)4/h9-18,21,25,42H,19-20,22-24H2,1-8H3/t25?,35?,37-/m1/s1. The molecule has 3 aromatic carbocycles. The van der Waals surface area contributed by atoms with E-state index < -0.39 is 25.7 Å². The second-order valence-electron chi connectivity index (χ2n) is 14.9. The average molecular weight is 685 g/mol. The Labute approximate surface area is 285 Å². The number of hydrogen-bond acceptors (Lipinski definition) is 5. The molecule has 0 saturated heterocycles. The minimum Gasteiger partial charge on any atom is -0.416 e. The maximum Gasteiger partial charge on any atom is 0.257 e. The maximum absolute atomic E-state index is 14.7. The molecule has 1 saturated carbocycles. The Morgan fingerprint density at radius 1 is 0.935 bits per heavy atom. The number of halogens is 2. The Morgan fingerprint density at radius 3 is 2.07 bits per heavy atom. The molecule has 0 aromatic heterocycles. The number of benzene rings is 3. The van der Waals surface area contributed by atoms with E-state index in [0.717, 1.165) is 29.5 Å². The Hall–Kier alpha value is -2.23. The molecule has 1 aliphatic carbocycles. The predicted octanol–water partition coefficient (Wildman–Crippen LogP) is 9.08. The number of carbonyl (C=O) groups is 1. The first-order chi connectivity index (χ1) is 21.5. The smallest absolute Gasteiger partial charge is 0.257 e. The molecule has 2 unspecified atom stereocenters. The molecule has 5 rings (SSSR count). The molecule has 9 heteroatoms. The van der Waals surface area contributed by atoms with E-state index in [1.165, 1.54) is 0 Å². The molecule has 1 amide bonds. The van der Waals surface area contributed by atoms with Crippen molar-refractivity contribution in [1.82, 2.24) is 4.90 Å². The fourth-order valence-electron chi connectivity index (χ4n) is 5.97. The van der Waals surface area contributed by atoms with Crippen LogP contribution in [0.15, 0.2) is 66.7 Å². The zero-order chi connectivity index (χ0) is 33.7. The summed E-state index contributed by atoms with van der Waals surface area (Å²) in [7, 11) is -0.438. The molecule has 0 bridgehead atoms. The third-order valence-corrected chi connectivity index (χ3v) is 15.3. The minimum absolute atomic E-state index is 0.0838. The Morgan fingerprint density at radius 2 is 1.52 bits per heavy atom. The zero-order valence-corrected chi connectivity index (χ0v) is 30.8. The van der Waals surface area contributed by atoms with Gasteiger partial charge in [0.1, 0.15) is 5.60 Å². The van der Waals surface area contributed by atoms with Gasteiger partial charge in [0.15, 0.2) is 14.0 Å². The van der Waals surface area contributed by atoms with Gasteiger partial charge in [0, 0.05) is 45.9 Å². The van der Waals surface area contributed by atoms with Crippen molar-refractivity contribution in [2.75, 3.05) is 26.9 Å². The molecule has 0 spiro atoms. The van der Waals surface area contributed by atoms with Crippen molar-refractivity contribution in [2.45, 2.75) is 83.0 Å². The van der Waals surface area contributed by atoms with Crippen molar-refractivity contribution in [1.29, 1.82) is 0 Å². The van der Waals surface area contributed by atoms with Gasteiger partial charge in [-0.15, -0.1) is 0 Å². The summed E-state index contributed by atoms with van der Waals surface area (Å²) in [6.45, 7) is 16.1. The SMILES string of the molecule is COCC(C)(O)c1ccc2c(c1)C(=O)N(C(C)c1ccc(Cl)cc1)[C@@]2(OCC1(CO[Si](C)(C)C(C)(C)C)CC1)c1ccc(Cl)cc1. The lowest BCUT2D eigenvalue weighted by Crippen LogP contribution is -2.49. The number of nitrogens with zero attached hydrogens (tertiary/aromatic N) is 1. The van der Waals surface area contributed by atoms with E-state index in [4.69, 9.17) is 37.1 Å². The minimum atomic E-state index is -1.98. The summed E-state index contributed by atoms with van der Waals surface area (Å²) < 4.78 is 19.3. The molecule has 6 nitrogen and oxygen atoms in total. The van der Waals surface area contributed by atoms with Crippen LogP contribution >= 0.6 is 23.2 Å². The number of hydrogen-bond donors (Lipinski definition) is 1. The van der Waals surface area contributed by atoms with Crippen LogP contribution in [0.25, 0.3) is 0 Å². The predicted molar refractivity (Wildman–Crippen MR) is 187 cm³/mol. The zero-order valence-electron chi connectivity index (χ0n) is 28.2. The highest BCUT2D eigenvalue weighted by molar-refractivity contribution is 6.74. The molecule has 0 radical (unpaired) electrons. The first kappa shape index (κ1) is 35.1. The van der Waals surface area contributed by atoms with Crippen LogP contribution in [0.2, 0.25) is 28.2 Å². The van der Waals surface area contributed by atoms with Gasteiger partial charge >= 0.3 is 0 Å². The number of methoxy groups -OCH3 is 1. The third kappa shape index (κ3) is 6.57. The molecular formula is C37H47Cl2NO5Si. The largest absolute Gasteiger partial charge is 0.416 e. The fourth-order valence-corrected chi connectivity index (χ4v) is 7.33. The second kappa shape index (κ2) is 12.7. The van der Waals surface area contributed by atoms with E-state index in [2.05, 4.69) is 33.9 Å². The molecule has 3 aromatic rings. The highest BCUT2D eigenvalue weighted by atomic mass is 35.5. The van der Waals surface area contributed by atoms with Gasteiger partial charge in [-0.1, -0.05) is 80.4 Å². The van der Waals surface area contributed by atoms with E-state index in [9.17, 15) is 9.90 Å². The van der Waals surface area contributed by atoms with E-state index in [-0.39, 0.29) is 23.0 Å². The van der Waals surface area contributed by atoms with Crippen molar-refractivity contribution in [2.24, 2.45) is 5.41 Å². The van der Waals surface area contributed by atoms with E-state index in [1.807, 2.05) is 72.5 Å². The normalized spacial score (nSPS) is 21.2. The van der Waals surface area contributed by atoms with Gasteiger partial charge in [-0.25, -0.2) is 0 Å². The van der Waals surface area contributed by atoms with Gasteiger partial charge in [-0.05, 0) is 86.3 Å². The van der Waals surface area contributed by atoms with Crippen LogP contribution < -0.4 is 0 Å². The summed E-state index contributed by atoms with van der Waals surface area (Å²) in [6.07, 6.45) is 1.98. The summed E-state index contributed by atoms with van der Waals surface area (Å²) in [6, 6.07) is 20.3. The highest BCUT2D eigenvalue weighted by Gasteiger charge is 2.57. The van der Waals surface area contributed by atoms with Gasteiger partial charge in [-0.3, -0.25) is 9.69 Å². The van der Waals surface area contributed by atoms with Crippen LogP contribution in [0.3, 0.4) is 0 Å². The van der Waals surface area contributed by atoms with Crippen molar-refractivity contribution < 1.29 is 23.8 Å². The number of ether oxygens (including phenoxy) is 2. The number of amides is 1. The Balaban J connectivity index is 1.64. The number of carbonyl (C=O) groups excluding carboxylic acids is 1. The molecule has 248 valence electrons. The lowest BCUT2D eigenvalue weighted by molar-refractivity contribution is -0.137. The molecular weight excluding hydrogens is 637 g/mol. The van der Waals surface area contributed by atoms with Crippen molar-refractivity contribution in [3.8, 4) is 0 Å². The summed E-state index contributed by atoms with van der Waals surface area (Å²) in [5.74, 6) is -0.190. The topological polar surface area (TPSA) is 68.2 Å². The van der Waals surface area contributed by atoms with E-state index in [1.54, 1.807) is 20.1 Å². The summed E-state index contributed by atoms with van der Waals surface area (Å²) >= 11 is 12.7. The quantitative estimate of drug-likeness (QED) is 0.193. The van der Waals surface area contributed by atoms with Crippen molar-refractivity contribution >= 4 is 37.4 Å². The first-order valence-electron chi connectivity index (χ1n) is 16.0. The molecule has 2 aliphatic rings. The van der Waals surface area contributed by atoms with Gasteiger partial charge < -0.3 is 19.0 Å². The summed E-state index contributed by atoms with van der Waals surface area (Å²) in [5, 5.41) is 12.5. The van der Waals surface area contributed by atoms with E-state index in [0.29, 0.717) is 34.4 Å². The lowest BCUT2D eigenvalue weighted by atomic mass is 9.88. The average Bonchev–Trinajstić information content (AvgIpc) is 3.73. The van der Waals surface area contributed by atoms with Crippen molar-refractivity contribution in [3.63, 3.8) is 0 Å².